The van der Waals surface area contributed by atoms with E-state index in [9.17, 15) is 9.59 Å². The number of nitrogens with one attached hydrogen (secondary N) is 1. The van der Waals surface area contributed by atoms with Crippen molar-refractivity contribution in [1.29, 1.82) is 0 Å². The van der Waals surface area contributed by atoms with Crippen molar-refractivity contribution in [3.8, 4) is 0 Å². The second-order valence-corrected chi connectivity index (χ2v) is 6.48. The predicted molar refractivity (Wildman–Crippen MR) is 88.9 cm³/mol. The largest absolute Gasteiger partial charge is 0.462 e. The van der Waals surface area contributed by atoms with Crippen molar-refractivity contribution in [2.24, 2.45) is 0 Å². The van der Waals surface area contributed by atoms with Gasteiger partial charge in [0.1, 0.15) is 16.2 Å². The summed E-state index contributed by atoms with van der Waals surface area (Å²) in [5, 5.41) is 3.80. The van der Waals surface area contributed by atoms with Gasteiger partial charge in [-0.05, 0) is 26.8 Å². The number of aromatic nitrogens is 3. The summed E-state index contributed by atoms with van der Waals surface area (Å²) in [6.45, 7) is 5.60. The Morgan fingerprint density at radius 1 is 1.35 bits per heavy atom. The summed E-state index contributed by atoms with van der Waals surface area (Å²) in [5.41, 5.74) is 1.39. The zero-order valence-corrected chi connectivity index (χ0v) is 14.6. The second kappa shape index (κ2) is 8.02. The molecule has 0 spiro atoms. The molecular formula is C14H16N4O3S2. The molecule has 2 heterocycles. The molecule has 2 aromatic rings. The Hall–Kier alpha value is -2.00. The van der Waals surface area contributed by atoms with Gasteiger partial charge in [-0.25, -0.2) is 19.7 Å². The van der Waals surface area contributed by atoms with Crippen molar-refractivity contribution >= 4 is 40.1 Å². The maximum absolute atomic E-state index is 12.0. The predicted octanol–water partition coefficient (Wildman–Crippen LogP) is 2.46. The molecule has 2 rings (SSSR count). The zero-order valence-electron chi connectivity index (χ0n) is 13.0. The maximum atomic E-state index is 12.0. The molecule has 2 aromatic heterocycles. The molecular weight excluding hydrogens is 336 g/mol. The third-order valence-electron chi connectivity index (χ3n) is 2.63. The van der Waals surface area contributed by atoms with Crippen LogP contribution in [0.1, 0.15) is 28.0 Å². The van der Waals surface area contributed by atoms with Gasteiger partial charge in [0, 0.05) is 5.69 Å². The maximum Gasteiger partial charge on any atom is 0.350 e. The Labute approximate surface area is 141 Å². The molecule has 0 unspecified atom stereocenters. The van der Waals surface area contributed by atoms with Crippen molar-refractivity contribution in [2.75, 3.05) is 17.7 Å². The van der Waals surface area contributed by atoms with Crippen LogP contribution >= 0.6 is 23.1 Å². The molecule has 1 N–H and O–H groups in total. The molecule has 23 heavy (non-hydrogen) atoms. The molecule has 9 heteroatoms. The number of esters is 1. The third kappa shape index (κ3) is 5.00. The average molecular weight is 352 g/mol. The highest BCUT2D eigenvalue weighted by atomic mass is 32.2. The molecule has 122 valence electrons. The van der Waals surface area contributed by atoms with Crippen LogP contribution < -0.4 is 5.32 Å². The van der Waals surface area contributed by atoms with E-state index in [-0.39, 0.29) is 11.7 Å². The number of anilines is 1. The van der Waals surface area contributed by atoms with E-state index < -0.39 is 5.97 Å². The molecule has 0 saturated heterocycles. The molecule has 0 aliphatic carbocycles. The van der Waals surface area contributed by atoms with E-state index in [1.165, 1.54) is 18.1 Å². The van der Waals surface area contributed by atoms with Crippen LogP contribution in [0.3, 0.4) is 0 Å². The Morgan fingerprint density at radius 3 is 2.83 bits per heavy atom. The smallest absolute Gasteiger partial charge is 0.350 e. The van der Waals surface area contributed by atoms with E-state index in [0.29, 0.717) is 22.3 Å². The van der Waals surface area contributed by atoms with Crippen LogP contribution in [0, 0.1) is 13.8 Å². The minimum absolute atomic E-state index is 0.198. The van der Waals surface area contributed by atoms with E-state index >= 15 is 0 Å². The normalized spacial score (nSPS) is 10.4. The van der Waals surface area contributed by atoms with Crippen LogP contribution in [0.5, 0.6) is 0 Å². The zero-order chi connectivity index (χ0) is 16.8. The van der Waals surface area contributed by atoms with Gasteiger partial charge in [-0.3, -0.25) is 4.79 Å². The summed E-state index contributed by atoms with van der Waals surface area (Å²) in [5.74, 6) is -0.437. The van der Waals surface area contributed by atoms with Crippen LogP contribution in [0.4, 0.5) is 5.13 Å². The number of hydrogen-bond donors (Lipinski definition) is 1. The number of nitrogens with zero attached hydrogens (tertiary/aromatic N) is 3. The highest BCUT2D eigenvalue weighted by Gasteiger charge is 2.17. The van der Waals surface area contributed by atoms with E-state index in [0.717, 1.165) is 22.1 Å². The molecule has 0 saturated carbocycles. The first-order valence-electron chi connectivity index (χ1n) is 6.85. The van der Waals surface area contributed by atoms with Crippen LogP contribution in [-0.4, -0.2) is 39.2 Å². The Bertz CT molecular complexity index is 718. The average Bonchev–Trinajstić information content (AvgIpc) is 2.86. The topological polar surface area (TPSA) is 94.1 Å². The lowest BCUT2D eigenvalue weighted by Gasteiger charge is -2.02. The highest BCUT2D eigenvalue weighted by molar-refractivity contribution is 7.99. The van der Waals surface area contributed by atoms with Gasteiger partial charge in [0.15, 0.2) is 5.13 Å². The summed E-state index contributed by atoms with van der Waals surface area (Å²) >= 11 is 2.42. The highest BCUT2D eigenvalue weighted by Crippen LogP contribution is 2.24. The summed E-state index contributed by atoms with van der Waals surface area (Å²) < 4.78 is 4.94. The van der Waals surface area contributed by atoms with Gasteiger partial charge >= 0.3 is 5.97 Å². The van der Waals surface area contributed by atoms with Gasteiger partial charge < -0.3 is 10.1 Å². The minimum atomic E-state index is -0.422. The number of rotatable bonds is 6. The number of thiazole rings is 1. The van der Waals surface area contributed by atoms with E-state index in [1.807, 2.05) is 13.0 Å². The van der Waals surface area contributed by atoms with Crippen molar-refractivity contribution < 1.29 is 14.3 Å². The first-order valence-corrected chi connectivity index (χ1v) is 8.65. The number of hydrogen-bond acceptors (Lipinski definition) is 8. The molecule has 0 radical (unpaired) electrons. The number of carbonyl (C=O) groups is 2. The van der Waals surface area contributed by atoms with E-state index in [2.05, 4.69) is 20.3 Å². The quantitative estimate of drug-likeness (QED) is 0.485. The molecule has 7 nitrogen and oxygen atoms in total. The summed E-state index contributed by atoms with van der Waals surface area (Å²) in [6, 6.07) is 1.81. The van der Waals surface area contributed by atoms with Crippen LogP contribution in [0.15, 0.2) is 17.4 Å². The Kier molecular flexibility index (Phi) is 6.05. The van der Waals surface area contributed by atoms with Gasteiger partial charge in [0.2, 0.25) is 5.91 Å². The fraction of sp³-hybridized carbons (Fsp3) is 0.357. The molecule has 0 fully saturated rings. The summed E-state index contributed by atoms with van der Waals surface area (Å²) in [6.07, 6.45) is 1.46. The second-order valence-electron chi connectivity index (χ2n) is 4.49. The van der Waals surface area contributed by atoms with Crippen molar-refractivity contribution in [2.45, 2.75) is 25.8 Å². The van der Waals surface area contributed by atoms with Crippen LogP contribution in [0.2, 0.25) is 0 Å². The lowest BCUT2D eigenvalue weighted by atomic mass is 10.4. The van der Waals surface area contributed by atoms with Gasteiger partial charge in [-0.1, -0.05) is 23.1 Å². The number of ether oxygens (including phenoxy) is 1. The first kappa shape index (κ1) is 17.4. The fourth-order valence-electron chi connectivity index (χ4n) is 1.64. The lowest BCUT2D eigenvalue weighted by molar-refractivity contribution is -0.113. The monoisotopic (exact) mass is 352 g/mol. The molecule has 0 bridgehead atoms. The Morgan fingerprint density at radius 2 is 2.13 bits per heavy atom. The van der Waals surface area contributed by atoms with Crippen LogP contribution in [-0.2, 0) is 9.53 Å². The SMILES string of the molecule is CCOC(=O)c1sc(NC(=O)CSc2cc(C)ncn2)nc1C. The molecule has 0 atom stereocenters. The molecule has 0 aromatic carbocycles. The lowest BCUT2D eigenvalue weighted by Crippen LogP contribution is -2.13. The molecule has 1 amide bonds. The van der Waals surface area contributed by atoms with Crippen LogP contribution in [0.25, 0.3) is 0 Å². The van der Waals surface area contributed by atoms with Gasteiger partial charge in [-0.15, -0.1) is 0 Å². The fourth-order valence-corrected chi connectivity index (χ4v) is 3.24. The van der Waals surface area contributed by atoms with Gasteiger partial charge in [0.05, 0.1) is 18.1 Å². The number of thioether (sulfide) groups is 1. The molecule has 0 aliphatic heterocycles. The van der Waals surface area contributed by atoms with Crippen molar-refractivity contribution in [3.05, 3.63) is 28.7 Å². The van der Waals surface area contributed by atoms with E-state index in [1.54, 1.807) is 13.8 Å². The number of carbonyl (C=O) groups excluding carboxylic acids is 2. The Balaban J connectivity index is 1.93. The van der Waals surface area contributed by atoms with Crippen molar-refractivity contribution in [3.63, 3.8) is 0 Å². The summed E-state index contributed by atoms with van der Waals surface area (Å²) in [7, 11) is 0. The van der Waals surface area contributed by atoms with Crippen molar-refractivity contribution in [1.82, 2.24) is 15.0 Å². The third-order valence-corrected chi connectivity index (χ3v) is 4.61. The minimum Gasteiger partial charge on any atom is -0.462 e. The number of aryl methyl sites for hydroxylation is 2. The number of amides is 1. The first-order chi connectivity index (χ1) is 11.0. The van der Waals surface area contributed by atoms with E-state index in [4.69, 9.17) is 4.74 Å². The van der Waals surface area contributed by atoms with Gasteiger partial charge in [-0.2, -0.15) is 0 Å². The molecule has 0 aliphatic rings. The standard InChI is InChI=1S/C14H16N4O3S2/c1-4-21-13(20)12-9(3)17-14(23-12)18-10(19)6-22-11-5-8(2)15-7-16-11/h5,7H,4,6H2,1-3H3,(H,17,18,19). The summed E-state index contributed by atoms with van der Waals surface area (Å²) in [4.78, 5) is 36.3. The van der Waals surface area contributed by atoms with Gasteiger partial charge in [0.25, 0.3) is 0 Å².